The van der Waals surface area contributed by atoms with Gasteiger partial charge in [-0.1, -0.05) is 123 Å². The van der Waals surface area contributed by atoms with Crippen LogP contribution in [0.1, 0.15) is 79.7 Å². The quantitative estimate of drug-likeness (QED) is 0.157. The average molecular weight is 680 g/mol. The number of carbonyl (C=O) groups excluding carboxylic acids is 2. The van der Waals surface area contributed by atoms with Crippen molar-refractivity contribution in [1.29, 1.82) is 0 Å². The van der Waals surface area contributed by atoms with Crippen LogP contribution in [0.15, 0.2) is 108 Å². The second-order valence-electron chi connectivity index (χ2n) is 13.6. The standard InChI is InChI=1S/C41H49N3O4S/c1-30(2)35-20-22-37(23-21-35)44(49(47,48)38-24-18-31(3)19-25-38)29-40(45)43(28-34-15-11-12-32(4)26-34)39(27-33-13-7-5-8-14-33)41(46)42-36-16-9-6-10-17-36/h5,7-8,11-15,18-26,30,36,39H,6,9-10,16-17,27-29H2,1-4H3,(H,42,46)/t39-/m0/s1. The molecule has 0 aromatic heterocycles. The minimum absolute atomic E-state index is 0.0494. The first-order chi connectivity index (χ1) is 23.5. The molecule has 0 unspecified atom stereocenters. The lowest BCUT2D eigenvalue weighted by atomic mass is 9.94. The molecule has 2 amide bonds. The van der Waals surface area contributed by atoms with Crippen molar-refractivity contribution in [3.63, 3.8) is 0 Å². The van der Waals surface area contributed by atoms with Crippen molar-refractivity contribution in [1.82, 2.24) is 10.2 Å². The van der Waals surface area contributed by atoms with Crippen molar-refractivity contribution < 1.29 is 18.0 Å². The Labute approximate surface area is 292 Å². The van der Waals surface area contributed by atoms with E-state index in [1.54, 1.807) is 41.3 Å². The van der Waals surface area contributed by atoms with E-state index < -0.39 is 28.5 Å². The molecular formula is C41H49N3O4S. The monoisotopic (exact) mass is 679 g/mol. The molecule has 0 aliphatic heterocycles. The van der Waals surface area contributed by atoms with Crippen molar-refractivity contribution in [2.24, 2.45) is 0 Å². The maximum absolute atomic E-state index is 14.8. The van der Waals surface area contributed by atoms with Crippen LogP contribution in [0.5, 0.6) is 0 Å². The van der Waals surface area contributed by atoms with Crippen LogP contribution in [0.3, 0.4) is 0 Å². The molecule has 4 aromatic carbocycles. The van der Waals surface area contributed by atoms with E-state index in [0.29, 0.717) is 12.1 Å². The summed E-state index contributed by atoms with van der Waals surface area (Å²) in [6.45, 7) is 7.73. The minimum atomic E-state index is -4.15. The van der Waals surface area contributed by atoms with Gasteiger partial charge in [-0.2, -0.15) is 0 Å². The van der Waals surface area contributed by atoms with Crippen LogP contribution in [0.25, 0.3) is 0 Å². The lowest BCUT2D eigenvalue weighted by Crippen LogP contribution is -2.55. The zero-order valence-corrected chi connectivity index (χ0v) is 30.0. The average Bonchev–Trinajstić information content (AvgIpc) is 3.09. The molecule has 1 aliphatic carbocycles. The number of benzene rings is 4. The van der Waals surface area contributed by atoms with E-state index in [-0.39, 0.29) is 29.3 Å². The number of amides is 2. The summed E-state index contributed by atoms with van der Waals surface area (Å²) in [7, 11) is -4.15. The third kappa shape index (κ3) is 9.38. The number of carbonyl (C=O) groups is 2. The number of nitrogens with zero attached hydrogens (tertiary/aromatic N) is 2. The van der Waals surface area contributed by atoms with Crippen LogP contribution >= 0.6 is 0 Å². The van der Waals surface area contributed by atoms with Gasteiger partial charge < -0.3 is 10.2 Å². The maximum atomic E-state index is 14.8. The van der Waals surface area contributed by atoms with Crippen LogP contribution in [-0.4, -0.2) is 43.8 Å². The molecule has 5 rings (SSSR count). The van der Waals surface area contributed by atoms with Gasteiger partial charge >= 0.3 is 0 Å². The van der Waals surface area contributed by atoms with Gasteiger partial charge in [0.2, 0.25) is 11.8 Å². The van der Waals surface area contributed by atoms with Gasteiger partial charge in [-0.05, 0) is 73.6 Å². The van der Waals surface area contributed by atoms with Crippen molar-refractivity contribution in [2.75, 3.05) is 10.8 Å². The molecule has 0 radical (unpaired) electrons. The molecule has 0 heterocycles. The van der Waals surface area contributed by atoms with Crippen LogP contribution in [0, 0.1) is 13.8 Å². The molecule has 0 saturated heterocycles. The summed E-state index contributed by atoms with van der Waals surface area (Å²) in [6.07, 6.45) is 5.38. The van der Waals surface area contributed by atoms with Crippen LogP contribution in [0.2, 0.25) is 0 Å². The fourth-order valence-corrected chi connectivity index (χ4v) is 7.91. The Hall–Kier alpha value is -4.43. The van der Waals surface area contributed by atoms with Gasteiger partial charge in [0, 0.05) is 19.0 Å². The van der Waals surface area contributed by atoms with Crippen molar-refractivity contribution >= 4 is 27.5 Å². The smallest absolute Gasteiger partial charge is 0.264 e. The summed E-state index contributed by atoms with van der Waals surface area (Å²) < 4.78 is 29.9. The molecule has 8 heteroatoms. The summed E-state index contributed by atoms with van der Waals surface area (Å²) in [6, 6.07) is 30.7. The van der Waals surface area contributed by atoms with E-state index in [2.05, 4.69) is 19.2 Å². The van der Waals surface area contributed by atoms with Crippen molar-refractivity contribution in [3.8, 4) is 0 Å². The highest BCUT2D eigenvalue weighted by molar-refractivity contribution is 7.92. The first kappa shape index (κ1) is 35.9. The van der Waals surface area contributed by atoms with E-state index in [9.17, 15) is 18.0 Å². The van der Waals surface area contributed by atoms with Gasteiger partial charge in [0.05, 0.1) is 10.6 Å². The van der Waals surface area contributed by atoms with E-state index in [1.165, 1.54) is 4.31 Å². The second-order valence-corrected chi connectivity index (χ2v) is 15.5. The first-order valence-electron chi connectivity index (χ1n) is 17.4. The third-order valence-electron chi connectivity index (χ3n) is 9.39. The van der Waals surface area contributed by atoms with E-state index >= 15 is 0 Å². The topological polar surface area (TPSA) is 86.8 Å². The predicted molar refractivity (Wildman–Crippen MR) is 197 cm³/mol. The van der Waals surface area contributed by atoms with Gasteiger partial charge in [-0.15, -0.1) is 0 Å². The molecule has 1 saturated carbocycles. The molecule has 1 N–H and O–H groups in total. The van der Waals surface area contributed by atoms with E-state index in [4.69, 9.17) is 0 Å². The van der Waals surface area contributed by atoms with Crippen molar-refractivity contribution in [3.05, 3.63) is 131 Å². The molecule has 1 fully saturated rings. The van der Waals surface area contributed by atoms with E-state index in [0.717, 1.165) is 59.9 Å². The number of nitrogens with one attached hydrogen (secondary N) is 1. The fourth-order valence-electron chi connectivity index (χ4n) is 6.50. The Kier molecular flexibility index (Phi) is 11.9. The molecular weight excluding hydrogens is 631 g/mol. The molecule has 1 atom stereocenters. The molecule has 0 spiro atoms. The maximum Gasteiger partial charge on any atom is 0.264 e. The Balaban J connectivity index is 1.57. The Morgan fingerprint density at radius 1 is 0.776 bits per heavy atom. The van der Waals surface area contributed by atoms with Crippen LogP contribution in [0.4, 0.5) is 5.69 Å². The summed E-state index contributed by atoms with van der Waals surface area (Å²) in [5, 5.41) is 3.27. The minimum Gasteiger partial charge on any atom is -0.352 e. The summed E-state index contributed by atoms with van der Waals surface area (Å²) >= 11 is 0. The number of aryl methyl sites for hydroxylation is 2. The largest absolute Gasteiger partial charge is 0.352 e. The van der Waals surface area contributed by atoms with Crippen molar-refractivity contribution in [2.45, 2.75) is 95.7 Å². The zero-order chi connectivity index (χ0) is 35.0. The van der Waals surface area contributed by atoms with Gasteiger partial charge in [-0.25, -0.2) is 8.42 Å². The molecule has 258 valence electrons. The highest BCUT2D eigenvalue weighted by atomic mass is 32.2. The van der Waals surface area contributed by atoms with Crippen LogP contribution in [-0.2, 0) is 32.6 Å². The Morgan fingerprint density at radius 3 is 2.06 bits per heavy atom. The number of rotatable bonds is 13. The molecule has 7 nitrogen and oxygen atoms in total. The van der Waals surface area contributed by atoms with Gasteiger partial charge in [0.1, 0.15) is 12.6 Å². The summed E-state index contributed by atoms with van der Waals surface area (Å²) in [5.74, 6) is -0.417. The fraction of sp³-hybridized carbons (Fsp3) is 0.366. The Morgan fingerprint density at radius 2 is 1.43 bits per heavy atom. The number of sulfonamides is 1. The molecule has 49 heavy (non-hydrogen) atoms. The normalized spacial score (nSPS) is 14.3. The number of hydrogen-bond acceptors (Lipinski definition) is 4. The SMILES string of the molecule is Cc1ccc(S(=O)(=O)N(CC(=O)N(Cc2cccc(C)c2)[C@@H](Cc2ccccc2)C(=O)NC2CCCCC2)c2ccc(C(C)C)cc2)cc1. The predicted octanol–water partition coefficient (Wildman–Crippen LogP) is 7.71. The van der Waals surface area contributed by atoms with E-state index in [1.807, 2.05) is 80.6 Å². The van der Waals surface area contributed by atoms with Gasteiger partial charge in [-0.3, -0.25) is 13.9 Å². The highest BCUT2D eigenvalue weighted by Gasteiger charge is 2.35. The molecule has 4 aromatic rings. The van der Waals surface area contributed by atoms with Gasteiger partial charge in [0.15, 0.2) is 0 Å². The zero-order valence-electron chi connectivity index (χ0n) is 29.1. The highest BCUT2D eigenvalue weighted by Crippen LogP contribution is 2.28. The number of hydrogen-bond donors (Lipinski definition) is 1. The number of anilines is 1. The lowest BCUT2D eigenvalue weighted by Gasteiger charge is -2.35. The molecule has 0 bridgehead atoms. The first-order valence-corrected chi connectivity index (χ1v) is 18.8. The molecule has 1 aliphatic rings. The lowest BCUT2D eigenvalue weighted by molar-refractivity contribution is -0.140. The van der Waals surface area contributed by atoms with Crippen LogP contribution < -0.4 is 9.62 Å². The van der Waals surface area contributed by atoms with Gasteiger partial charge in [0.25, 0.3) is 10.0 Å². The second kappa shape index (κ2) is 16.3. The third-order valence-corrected chi connectivity index (χ3v) is 11.2. The summed E-state index contributed by atoms with van der Waals surface area (Å²) in [4.78, 5) is 30.8. The Bertz CT molecular complexity index is 1800. The summed E-state index contributed by atoms with van der Waals surface area (Å²) in [5.41, 5.74) is 5.20.